The van der Waals surface area contributed by atoms with Crippen LogP contribution in [0.15, 0.2) is 36.4 Å². The van der Waals surface area contributed by atoms with Gasteiger partial charge in [0.1, 0.15) is 0 Å². The van der Waals surface area contributed by atoms with Crippen LogP contribution in [0.1, 0.15) is 16.8 Å². The summed E-state index contributed by atoms with van der Waals surface area (Å²) in [6.07, 6.45) is -4.54. The van der Waals surface area contributed by atoms with Gasteiger partial charge in [0, 0.05) is 10.4 Å². The number of fused-ring (bicyclic) bond motifs is 5. The van der Waals surface area contributed by atoms with E-state index < -0.39 is 11.9 Å². The lowest BCUT2D eigenvalue weighted by Crippen LogP contribution is -2.11. The number of halogens is 4. The monoisotopic (exact) mass is 348 g/mol. The summed E-state index contributed by atoms with van der Waals surface area (Å²) >= 11 is 6.21. The van der Waals surface area contributed by atoms with E-state index in [9.17, 15) is 13.2 Å². The van der Waals surface area contributed by atoms with Crippen molar-refractivity contribution in [3.05, 3.63) is 58.2 Å². The summed E-state index contributed by atoms with van der Waals surface area (Å²) < 4.78 is 42.5. The van der Waals surface area contributed by atoms with Crippen molar-refractivity contribution >= 4 is 39.1 Å². The molecule has 0 spiro atoms. The molecule has 0 saturated carbocycles. The lowest BCUT2D eigenvalue weighted by atomic mass is 10.1. The zero-order valence-corrected chi connectivity index (χ0v) is 13.6. The molecular formula is C18H12ClF3N2. The smallest absolute Gasteiger partial charge is 0.305 e. The van der Waals surface area contributed by atoms with Gasteiger partial charge in [-0.3, -0.25) is 0 Å². The number of benzene rings is 2. The van der Waals surface area contributed by atoms with Crippen molar-refractivity contribution in [2.45, 2.75) is 20.0 Å². The first-order chi connectivity index (χ1) is 11.3. The minimum Gasteiger partial charge on any atom is -0.305 e. The highest BCUT2D eigenvalue weighted by Crippen LogP contribution is 2.39. The molecule has 0 bridgehead atoms. The SMILES string of the molecule is Cc1cc2nc(C(F)(F)F)c3c(C)c4ccccc4n3c2cc1Cl. The molecule has 4 rings (SSSR count). The molecule has 2 aromatic heterocycles. The summed E-state index contributed by atoms with van der Waals surface area (Å²) in [6, 6.07) is 10.5. The van der Waals surface area contributed by atoms with Crippen LogP contribution in [-0.4, -0.2) is 9.38 Å². The fraction of sp³-hybridized carbons (Fsp3) is 0.167. The molecule has 0 aliphatic heterocycles. The lowest BCUT2D eigenvalue weighted by Gasteiger charge is -2.13. The van der Waals surface area contributed by atoms with Gasteiger partial charge in [-0.1, -0.05) is 29.8 Å². The summed E-state index contributed by atoms with van der Waals surface area (Å²) in [5.41, 5.74) is 2.01. The molecule has 0 aliphatic rings. The van der Waals surface area contributed by atoms with Gasteiger partial charge < -0.3 is 4.40 Å². The van der Waals surface area contributed by atoms with Crippen LogP contribution in [0.25, 0.3) is 27.5 Å². The van der Waals surface area contributed by atoms with Crippen LogP contribution in [-0.2, 0) is 6.18 Å². The molecular weight excluding hydrogens is 337 g/mol. The van der Waals surface area contributed by atoms with Gasteiger partial charge in [-0.25, -0.2) is 4.98 Å². The zero-order chi connectivity index (χ0) is 17.2. The van der Waals surface area contributed by atoms with E-state index in [1.165, 1.54) is 0 Å². The highest BCUT2D eigenvalue weighted by Gasteiger charge is 2.37. The Labute approximate surface area is 140 Å². The molecule has 2 nitrogen and oxygen atoms in total. The van der Waals surface area contributed by atoms with E-state index in [0.717, 1.165) is 5.39 Å². The Balaban J connectivity index is 2.38. The Kier molecular flexibility index (Phi) is 3.09. The number of alkyl halides is 3. The van der Waals surface area contributed by atoms with Crippen LogP contribution in [0.3, 0.4) is 0 Å². The number of para-hydroxylation sites is 1. The summed E-state index contributed by atoms with van der Waals surface area (Å²) in [7, 11) is 0. The van der Waals surface area contributed by atoms with Crippen molar-refractivity contribution in [1.29, 1.82) is 0 Å². The van der Waals surface area contributed by atoms with Crippen molar-refractivity contribution < 1.29 is 13.2 Å². The topological polar surface area (TPSA) is 17.3 Å². The van der Waals surface area contributed by atoms with Crippen molar-refractivity contribution in [3.63, 3.8) is 0 Å². The quantitative estimate of drug-likeness (QED) is 0.385. The second-order valence-electron chi connectivity index (χ2n) is 5.87. The number of aryl methyl sites for hydroxylation is 2. The third-order valence-electron chi connectivity index (χ3n) is 4.35. The maximum Gasteiger partial charge on any atom is 0.435 e. The molecule has 4 aromatic rings. The van der Waals surface area contributed by atoms with Crippen LogP contribution >= 0.6 is 11.6 Å². The number of rotatable bonds is 0. The van der Waals surface area contributed by atoms with Crippen LogP contribution in [0, 0.1) is 13.8 Å². The van der Waals surface area contributed by atoms with Crippen molar-refractivity contribution in [2.24, 2.45) is 0 Å². The highest BCUT2D eigenvalue weighted by molar-refractivity contribution is 6.32. The van der Waals surface area contributed by atoms with Crippen LogP contribution in [0.5, 0.6) is 0 Å². The Bertz CT molecular complexity index is 1130. The summed E-state index contributed by atoms with van der Waals surface area (Å²) in [5, 5.41) is 1.27. The van der Waals surface area contributed by atoms with E-state index in [1.807, 2.05) is 24.3 Å². The first-order valence-corrected chi connectivity index (χ1v) is 7.73. The molecule has 24 heavy (non-hydrogen) atoms. The molecule has 0 saturated heterocycles. The first kappa shape index (κ1) is 15.3. The Morgan fingerprint density at radius 1 is 1.04 bits per heavy atom. The van der Waals surface area contributed by atoms with Gasteiger partial charge in [-0.05, 0) is 43.2 Å². The maximum atomic E-state index is 13.6. The average Bonchev–Trinajstić information content (AvgIpc) is 2.81. The summed E-state index contributed by atoms with van der Waals surface area (Å²) in [5.74, 6) is 0. The number of hydrogen-bond donors (Lipinski definition) is 0. The standard InChI is InChI=1S/C18H12ClF3N2/c1-9-7-13-15(8-12(9)19)24-14-6-4-3-5-11(14)10(2)16(24)17(23-13)18(20,21)22/h3-8H,1-2H3. The van der Waals surface area contributed by atoms with Gasteiger partial charge >= 0.3 is 6.18 Å². The van der Waals surface area contributed by atoms with E-state index >= 15 is 0 Å². The minimum absolute atomic E-state index is 0.0797. The second kappa shape index (κ2) is 4.86. The fourth-order valence-corrected chi connectivity index (χ4v) is 3.39. The van der Waals surface area contributed by atoms with Crippen molar-refractivity contribution in [1.82, 2.24) is 9.38 Å². The lowest BCUT2D eigenvalue weighted by molar-refractivity contribution is -0.139. The third kappa shape index (κ3) is 2.01. The van der Waals surface area contributed by atoms with Gasteiger partial charge in [0.15, 0.2) is 5.69 Å². The molecule has 0 atom stereocenters. The predicted octanol–water partition coefficient (Wildman–Crippen LogP) is 5.93. The number of hydrogen-bond acceptors (Lipinski definition) is 1. The largest absolute Gasteiger partial charge is 0.435 e. The van der Waals surface area contributed by atoms with Crippen LogP contribution < -0.4 is 0 Å². The van der Waals surface area contributed by atoms with Crippen molar-refractivity contribution in [2.75, 3.05) is 0 Å². The van der Waals surface area contributed by atoms with Gasteiger partial charge in [0.05, 0.1) is 22.1 Å². The van der Waals surface area contributed by atoms with Gasteiger partial charge in [0.25, 0.3) is 0 Å². The van der Waals surface area contributed by atoms with E-state index in [-0.39, 0.29) is 11.0 Å². The second-order valence-corrected chi connectivity index (χ2v) is 6.28. The van der Waals surface area contributed by atoms with E-state index in [2.05, 4.69) is 4.98 Å². The number of aromatic nitrogens is 2. The summed E-state index contributed by atoms with van der Waals surface area (Å²) in [4.78, 5) is 3.93. The zero-order valence-electron chi connectivity index (χ0n) is 12.9. The average molecular weight is 349 g/mol. The van der Waals surface area contributed by atoms with Crippen LogP contribution in [0.2, 0.25) is 5.02 Å². The van der Waals surface area contributed by atoms with E-state index in [4.69, 9.17) is 11.6 Å². The highest BCUT2D eigenvalue weighted by atomic mass is 35.5. The molecule has 0 aliphatic carbocycles. The minimum atomic E-state index is -4.54. The number of nitrogens with zero attached hydrogens (tertiary/aromatic N) is 2. The van der Waals surface area contributed by atoms with E-state index in [0.29, 0.717) is 27.2 Å². The molecule has 0 radical (unpaired) electrons. The summed E-state index contributed by atoms with van der Waals surface area (Å²) in [6.45, 7) is 3.44. The molecule has 0 unspecified atom stereocenters. The Morgan fingerprint density at radius 3 is 2.46 bits per heavy atom. The third-order valence-corrected chi connectivity index (χ3v) is 4.76. The molecule has 6 heteroatoms. The molecule has 2 aromatic carbocycles. The Hall–Kier alpha value is -2.27. The molecule has 0 amide bonds. The molecule has 0 fully saturated rings. The normalized spacial score (nSPS) is 12.6. The molecule has 0 N–H and O–H groups in total. The van der Waals surface area contributed by atoms with Crippen molar-refractivity contribution in [3.8, 4) is 0 Å². The van der Waals surface area contributed by atoms with Gasteiger partial charge in [0.2, 0.25) is 0 Å². The fourth-order valence-electron chi connectivity index (χ4n) is 3.23. The molecule has 2 heterocycles. The first-order valence-electron chi connectivity index (χ1n) is 7.36. The van der Waals surface area contributed by atoms with E-state index in [1.54, 1.807) is 30.4 Å². The van der Waals surface area contributed by atoms with Gasteiger partial charge in [-0.2, -0.15) is 13.2 Å². The Morgan fingerprint density at radius 2 is 1.75 bits per heavy atom. The van der Waals surface area contributed by atoms with Crippen LogP contribution in [0.4, 0.5) is 13.2 Å². The maximum absolute atomic E-state index is 13.6. The molecule has 122 valence electrons. The van der Waals surface area contributed by atoms with Gasteiger partial charge in [-0.15, -0.1) is 0 Å². The predicted molar refractivity (Wildman–Crippen MR) is 89.7 cm³/mol.